The van der Waals surface area contributed by atoms with Crippen molar-refractivity contribution in [1.82, 2.24) is 0 Å². The highest BCUT2D eigenvalue weighted by Gasteiger charge is 2.42. The first-order chi connectivity index (χ1) is 7.45. The summed E-state index contributed by atoms with van der Waals surface area (Å²) in [5, 5.41) is 0. The molecule has 0 spiro atoms. The van der Waals surface area contributed by atoms with E-state index in [0.717, 1.165) is 12.1 Å². The fourth-order valence-electron chi connectivity index (χ4n) is 0.871. The number of nitrogens with zero attached hydrogens (tertiary/aromatic N) is 1. The molecule has 1 unspecified atom stereocenters. The van der Waals surface area contributed by atoms with Crippen molar-refractivity contribution in [2.45, 2.75) is 11.7 Å². The molecule has 0 saturated carbocycles. The van der Waals surface area contributed by atoms with E-state index < -0.39 is 11.7 Å². The summed E-state index contributed by atoms with van der Waals surface area (Å²) < 4.78 is 41.7. The van der Waals surface area contributed by atoms with Crippen LogP contribution in [0, 0.1) is 0 Å². The highest BCUT2D eigenvalue weighted by Crippen LogP contribution is 2.30. The Balaban J connectivity index is 2.89. The number of rotatable bonds is 4. The Morgan fingerprint density at radius 3 is 2.75 bits per heavy atom. The largest absolute Gasteiger partial charge is 0.444 e. The Morgan fingerprint density at radius 1 is 1.50 bits per heavy atom. The van der Waals surface area contributed by atoms with Crippen molar-refractivity contribution < 1.29 is 22.7 Å². The summed E-state index contributed by atoms with van der Waals surface area (Å²) in [6.45, 7) is 0. The van der Waals surface area contributed by atoms with Crippen LogP contribution in [0.25, 0.3) is 0 Å². The van der Waals surface area contributed by atoms with Gasteiger partial charge in [0, 0.05) is 6.07 Å². The molecule has 0 bridgehead atoms. The number of aliphatic imine (C=N–C) groups is 1. The first-order valence-corrected chi connectivity index (χ1v) is 4.42. The molecule has 7 heteroatoms. The Bertz CT molecular complexity index is 419. The number of carbonyl (C=O) groups excluding carboxylic acids is 1. The first-order valence-electron chi connectivity index (χ1n) is 3.98. The molecule has 0 fully saturated rings. The van der Waals surface area contributed by atoms with Crippen LogP contribution in [-0.4, -0.2) is 17.8 Å². The minimum absolute atomic E-state index is 0.0632. The van der Waals surface area contributed by atoms with E-state index in [9.17, 15) is 18.0 Å². The SMILES string of the molecule is O=C=Nc1cccc(OC(F)(F)C(F)Cl)c1. The topological polar surface area (TPSA) is 38.7 Å². The summed E-state index contributed by atoms with van der Waals surface area (Å²) in [6.07, 6.45) is -2.92. The lowest BCUT2D eigenvalue weighted by molar-refractivity contribution is -0.198. The molecule has 1 aromatic carbocycles. The fraction of sp³-hybridized carbons (Fsp3) is 0.222. The molecule has 0 amide bonds. The highest BCUT2D eigenvalue weighted by molar-refractivity contribution is 6.20. The van der Waals surface area contributed by atoms with Crippen molar-refractivity contribution >= 4 is 23.4 Å². The number of hydrogen-bond acceptors (Lipinski definition) is 3. The second-order valence-corrected chi connectivity index (χ2v) is 3.05. The lowest BCUT2D eigenvalue weighted by atomic mass is 10.3. The highest BCUT2D eigenvalue weighted by atomic mass is 35.5. The van der Waals surface area contributed by atoms with Crippen LogP contribution in [0.4, 0.5) is 18.9 Å². The molecule has 0 aliphatic rings. The van der Waals surface area contributed by atoms with E-state index in [2.05, 4.69) is 21.3 Å². The van der Waals surface area contributed by atoms with E-state index in [0.29, 0.717) is 0 Å². The van der Waals surface area contributed by atoms with E-state index in [1.54, 1.807) is 0 Å². The zero-order valence-electron chi connectivity index (χ0n) is 7.66. The number of alkyl halides is 4. The molecular formula is C9H5ClF3NO2. The molecule has 86 valence electrons. The smallest absolute Gasteiger partial charge is 0.429 e. The van der Waals surface area contributed by atoms with Gasteiger partial charge in [-0.2, -0.15) is 13.8 Å². The summed E-state index contributed by atoms with van der Waals surface area (Å²) in [4.78, 5) is 13.1. The molecule has 0 aromatic heterocycles. The molecule has 0 radical (unpaired) electrons. The van der Waals surface area contributed by atoms with Gasteiger partial charge < -0.3 is 4.74 Å². The van der Waals surface area contributed by atoms with Gasteiger partial charge in [0.25, 0.3) is 5.63 Å². The normalized spacial score (nSPS) is 12.8. The molecule has 0 heterocycles. The predicted octanol–water partition coefficient (Wildman–Crippen LogP) is 3.16. The minimum atomic E-state index is -4.15. The molecule has 16 heavy (non-hydrogen) atoms. The van der Waals surface area contributed by atoms with E-state index >= 15 is 0 Å². The Hall–Kier alpha value is -1.52. The summed E-state index contributed by atoms with van der Waals surface area (Å²) in [6, 6.07) is 4.85. The van der Waals surface area contributed by atoms with E-state index in [1.807, 2.05) is 0 Å². The van der Waals surface area contributed by atoms with Crippen LogP contribution in [0.2, 0.25) is 0 Å². The average molecular weight is 252 g/mol. The van der Waals surface area contributed by atoms with Crippen molar-refractivity contribution in [2.24, 2.45) is 4.99 Å². The third kappa shape index (κ3) is 3.25. The lowest BCUT2D eigenvalue weighted by Gasteiger charge is -2.17. The summed E-state index contributed by atoms with van der Waals surface area (Å²) in [5.41, 5.74) is -2.90. The molecule has 1 atom stereocenters. The second kappa shape index (κ2) is 5.01. The second-order valence-electron chi connectivity index (χ2n) is 2.67. The lowest BCUT2D eigenvalue weighted by Crippen LogP contribution is -2.32. The van der Waals surface area contributed by atoms with Gasteiger partial charge in [-0.3, -0.25) is 0 Å². The first kappa shape index (κ1) is 12.5. The number of ether oxygens (including phenoxy) is 1. The zero-order chi connectivity index (χ0) is 12.2. The number of isocyanates is 1. The van der Waals surface area contributed by atoms with Crippen LogP contribution >= 0.6 is 11.6 Å². The van der Waals surface area contributed by atoms with Gasteiger partial charge >= 0.3 is 6.11 Å². The summed E-state index contributed by atoms with van der Waals surface area (Å²) in [7, 11) is 0. The molecule has 1 aromatic rings. The Morgan fingerprint density at radius 2 is 2.19 bits per heavy atom. The molecule has 0 aliphatic carbocycles. The van der Waals surface area contributed by atoms with Crippen LogP contribution in [-0.2, 0) is 4.79 Å². The van der Waals surface area contributed by atoms with Gasteiger partial charge in [0.2, 0.25) is 6.08 Å². The van der Waals surface area contributed by atoms with Crippen LogP contribution in [0.1, 0.15) is 0 Å². The standard InChI is InChI=1S/C9H5ClF3NO2/c10-8(11)9(12,13)16-7-3-1-2-6(4-7)14-5-15/h1-4,8H. The van der Waals surface area contributed by atoms with Gasteiger partial charge in [0.05, 0.1) is 5.69 Å². The number of halogens is 4. The third-order valence-corrected chi connectivity index (χ3v) is 1.75. The molecule has 0 N–H and O–H groups in total. The minimum Gasteiger partial charge on any atom is -0.429 e. The maximum Gasteiger partial charge on any atom is 0.444 e. The van der Waals surface area contributed by atoms with Crippen LogP contribution in [0.15, 0.2) is 29.3 Å². The van der Waals surface area contributed by atoms with Crippen molar-refractivity contribution in [2.75, 3.05) is 0 Å². The molecule has 0 aliphatic heterocycles. The van der Waals surface area contributed by atoms with Gasteiger partial charge in [-0.15, -0.1) is 0 Å². The summed E-state index contributed by atoms with van der Waals surface area (Å²) in [5.74, 6) is -0.357. The van der Waals surface area contributed by atoms with Gasteiger partial charge in [-0.1, -0.05) is 17.7 Å². The van der Waals surface area contributed by atoms with Gasteiger partial charge in [0.15, 0.2) is 0 Å². The van der Waals surface area contributed by atoms with Gasteiger partial charge in [-0.05, 0) is 12.1 Å². The Labute approximate surface area is 93.5 Å². The third-order valence-electron chi connectivity index (χ3n) is 1.50. The van der Waals surface area contributed by atoms with E-state index in [4.69, 9.17) is 0 Å². The van der Waals surface area contributed by atoms with Crippen LogP contribution < -0.4 is 4.74 Å². The van der Waals surface area contributed by atoms with Crippen molar-refractivity contribution in [1.29, 1.82) is 0 Å². The maximum atomic E-state index is 12.7. The number of benzene rings is 1. The predicted molar refractivity (Wildman–Crippen MR) is 50.5 cm³/mol. The van der Waals surface area contributed by atoms with E-state index in [1.165, 1.54) is 18.2 Å². The van der Waals surface area contributed by atoms with Gasteiger partial charge in [-0.25, -0.2) is 9.18 Å². The number of hydrogen-bond donors (Lipinski definition) is 0. The molecule has 0 saturated heterocycles. The summed E-state index contributed by atoms with van der Waals surface area (Å²) >= 11 is 4.59. The zero-order valence-corrected chi connectivity index (χ0v) is 8.42. The van der Waals surface area contributed by atoms with Gasteiger partial charge in [0.1, 0.15) is 5.75 Å². The Kier molecular flexibility index (Phi) is 3.93. The van der Waals surface area contributed by atoms with E-state index in [-0.39, 0.29) is 11.4 Å². The van der Waals surface area contributed by atoms with Crippen molar-refractivity contribution in [3.8, 4) is 5.75 Å². The van der Waals surface area contributed by atoms with Crippen LogP contribution in [0.5, 0.6) is 5.75 Å². The van der Waals surface area contributed by atoms with Crippen molar-refractivity contribution in [3.63, 3.8) is 0 Å². The molecule has 1 rings (SSSR count). The monoisotopic (exact) mass is 251 g/mol. The molecule has 3 nitrogen and oxygen atoms in total. The molecular weight excluding hydrogens is 247 g/mol. The fourth-order valence-corrected chi connectivity index (χ4v) is 0.915. The average Bonchev–Trinajstić information content (AvgIpc) is 2.17. The quantitative estimate of drug-likeness (QED) is 0.468. The van der Waals surface area contributed by atoms with Crippen LogP contribution in [0.3, 0.4) is 0 Å². The van der Waals surface area contributed by atoms with Crippen molar-refractivity contribution in [3.05, 3.63) is 24.3 Å². The maximum absolute atomic E-state index is 12.7.